The molecule has 4 nitrogen and oxygen atoms in total. The minimum Gasteiger partial charge on any atom is -0.497 e. The number of rotatable bonds is 6. The van der Waals surface area contributed by atoms with Crippen LogP contribution in [0, 0.1) is 0 Å². The zero-order chi connectivity index (χ0) is 15.4. The van der Waals surface area contributed by atoms with Gasteiger partial charge in [0.2, 0.25) is 0 Å². The number of nitrogens with one attached hydrogen (secondary N) is 1. The molecular weight excluding hydrogens is 294 g/mol. The van der Waals surface area contributed by atoms with Crippen LogP contribution in [0.4, 0.5) is 5.82 Å². The Morgan fingerprint density at radius 3 is 2.73 bits per heavy atom. The number of fused-ring (bicyclic) bond motifs is 1. The maximum absolute atomic E-state index is 5.23. The van der Waals surface area contributed by atoms with Gasteiger partial charge in [-0.2, -0.15) is 0 Å². The molecule has 2 aromatic heterocycles. The number of unbranched alkanes of at least 4 members (excludes halogenated alkanes) is 1. The van der Waals surface area contributed by atoms with Crippen LogP contribution in [0.25, 0.3) is 21.3 Å². The smallest absolute Gasteiger partial charge is 0.138 e. The van der Waals surface area contributed by atoms with Gasteiger partial charge >= 0.3 is 0 Å². The summed E-state index contributed by atoms with van der Waals surface area (Å²) in [5.74, 6) is 1.78. The summed E-state index contributed by atoms with van der Waals surface area (Å²) >= 11 is 1.65. The lowest BCUT2D eigenvalue weighted by molar-refractivity contribution is 0.415. The van der Waals surface area contributed by atoms with Gasteiger partial charge in [-0.25, -0.2) is 9.97 Å². The second kappa shape index (κ2) is 6.75. The number of aromatic nitrogens is 2. The molecule has 2 heterocycles. The summed E-state index contributed by atoms with van der Waals surface area (Å²) in [5, 5.41) is 6.69. The maximum Gasteiger partial charge on any atom is 0.138 e. The highest BCUT2D eigenvalue weighted by atomic mass is 32.1. The Hall–Kier alpha value is -2.14. The highest BCUT2D eigenvalue weighted by Gasteiger charge is 2.12. The average Bonchev–Trinajstić information content (AvgIpc) is 3.00. The molecule has 0 bridgehead atoms. The number of thiophene rings is 1. The highest BCUT2D eigenvalue weighted by Crippen LogP contribution is 2.36. The molecule has 0 spiro atoms. The minimum absolute atomic E-state index is 0.862. The summed E-state index contributed by atoms with van der Waals surface area (Å²) in [6.45, 7) is 3.12. The van der Waals surface area contributed by atoms with Crippen molar-refractivity contribution in [3.05, 3.63) is 36.0 Å². The van der Waals surface area contributed by atoms with Crippen LogP contribution in [-0.2, 0) is 0 Å². The molecule has 3 aromatic rings. The number of anilines is 1. The maximum atomic E-state index is 5.23. The van der Waals surface area contributed by atoms with Gasteiger partial charge in [0.15, 0.2) is 0 Å². The van der Waals surface area contributed by atoms with Crippen molar-refractivity contribution in [1.29, 1.82) is 0 Å². The van der Waals surface area contributed by atoms with Crippen LogP contribution >= 0.6 is 11.3 Å². The van der Waals surface area contributed by atoms with Gasteiger partial charge in [-0.15, -0.1) is 11.3 Å². The standard InChI is InChI=1S/C17H19N3OS/c1-3-4-9-18-16-15-14(10-22-17(15)20-11-19-16)12-5-7-13(21-2)8-6-12/h5-8,10-11H,3-4,9H2,1-2H3,(H,18,19,20). The Morgan fingerprint density at radius 2 is 2.00 bits per heavy atom. The van der Waals surface area contributed by atoms with Gasteiger partial charge in [-0.1, -0.05) is 25.5 Å². The Morgan fingerprint density at radius 1 is 1.18 bits per heavy atom. The first-order valence-corrected chi connectivity index (χ1v) is 8.32. The second-order valence-corrected chi connectivity index (χ2v) is 5.92. The van der Waals surface area contributed by atoms with E-state index in [-0.39, 0.29) is 0 Å². The Bertz CT molecular complexity index is 752. The fourth-order valence-corrected chi connectivity index (χ4v) is 3.29. The van der Waals surface area contributed by atoms with Gasteiger partial charge in [0.25, 0.3) is 0 Å². The molecular formula is C17H19N3OS. The first-order valence-electron chi connectivity index (χ1n) is 7.44. The van der Waals surface area contributed by atoms with E-state index < -0.39 is 0 Å². The Labute approximate surface area is 134 Å². The van der Waals surface area contributed by atoms with E-state index >= 15 is 0 Å². The van der Waals surface area contributed by atoms with E-state index in [1.807, 2.05) is 12.1 Å². The second-order valence-electron chi connectivity index (χ2n) is 5.06. The normalized spacial score (nSPS) is 10.8. The largest absolute Gasteiger partial charge is 0.497 e. The molecule has 22 heavy (non-hydrogen) atoms. The van der Waals surface area contributed by atoms with Gasteiger partial charge < -0.3 is 10.1 Å². The van der Waals surface area contributed by atoms with Crippen molar-refractivity contribution in [2.45, 2.75) is 19.8 Å². The quantitative estimate of drug-likeness (QED) is 0.677. The fourth-order valence-electron chi connectivity index (χ4n) is 2.38. The summed E-state index contributed by atoms with van der Waals surface area (Å²) in [4.78, 5) is 9.84. The predicted molar refractivity (Wildman–Crippen MR) is 92.8 cm³/mol. The van der Waals surface area contributed by atoms with Crippen molar-refractivity contribution < 1.29 is 4.74 Å². The molecule has 1 aromatic carbocycles. The third-order valence-electron chi connectivity index (χ3n) is 3.59. The third kappa shape index (κ3) is 2.90. The number of benzene rings is 1. The molecule has 0 aliphatic heterocycles. The van der Waals surface area contributed by atoms with Crippen LogP contribution in [0.15, 0.2) is 36.0 Å². The Kier molecular flexibility index (Phi) is 4.53. The number of ether oxygens (including phenoxy) is 1. The molecule has 0 fully saturated rings. The fraction of sp³-hybridized carbons (Fsp3) is 0.294. The monoisotopic (exact) mass is 313 g/mol. The molecule has 0 saturated heterocycles. The minimum atomic E-state index is 0.862. The lowest BCUT2D eigenvalue weighted by atomic mass is 10.1. The first-order chi connectivity index (χ1) is 10.8. The van der Waals surface area contributed by atoms with Crippen molar-refractivity contribution >= 4 is 27.4 Å². The van der Waals surface area contributed by atoms with E-state index in [1.165, 1.54) is 5.56 Å². The van der Waals surface area contributed by atoms with E-state index in [2.05, 4.69) is 39.7 Å². The number of hydrogen-bond acceptors (Lipinski definition) is 5. The Balaban J connectivity index is 2.01. The zero-order valence-corrected chi connectivity index (χ0v) is 13.6. The van der Waals surface area contributed by atoms with Crippen LogP contribution in [-0.4, -0.2) is 23.6 Å². The number of methoxy groups -OCH3 is 1. The molecule has 0 aliphatic rings. The lowest BCUT2D eigenvalue weighted by Crippen LogP contribution is -2.03. The van der Waals surface area contributed by atoms with E-state index in [0.717, 1.165) is 46.7 Å². The van der Waals surface area contributed by atoms with Gasteiger partial charge in [0.05, 0.1) is 12.5 Å². The first kappa shape index (κ1) is 14.8. The van der Waals surface area contributed by atoms with Gasteiger partial charge in [0, 0.05) is 17.5 Å². The van der Waals surface area contributed by atoms with E-state index in [0.29, 0.717) is 0 Å². The summed E-state index contributed by atoms with van der Waals surface area (Å²) < 4.78 is 5.23. The molecule has 0 unspecified atom stereocenters. The average molecular weight is 313 g/mol. The SMILES string of the molecule is CCCCNc1ncnc2scc(-c3ccc(OC)cc3)c12. The van der Waals surface area contributed by atoms with E-state index in [1.54, 1.807) is 24.8 Å². The summed E-state index contributed by atoms with van der Waals surface area (Å²) in [6.07, 6.45) is 3.93. The molecule has 0 radical (unpaired) electrons. The van der Waals surface area contributed by atoms with Crippen LogP contribution in [0.5, 0.6) is 5.75 Å². The van der Waals surface area contributed by atoms with Gasteiger partial charge in [-0.3, -0.25) is 0 Å². The lowest BCUT2D eigenvalue weighted by Gasteiger charge is -2.08. The van der Waals surface area contributed by atoms with Gasteiger partial charge in [-0.05, 0) is 24.1 Å². The van der Waals surface area contributed by atoms with E-state index in [9.17, 15) is 0 Å². The molecule has 0 amide bonds. The van der Waals surface area contributed by atoms with Crippen LogP contribution in [0.1, 0.15) is 19.8 Å². The van der Waals surface area contributed by atoms with Crippen molar-refractivity contribution in [1.82, 2.24) is 9.97 Å². The number of hydrogen-bond donors (Lipinski definition) is 1. The van der Waals surface area contributed by atoms with Crippen LogP contribution in [0.3, 0.4) is 0 Å². The van der Waals surface area contributed by atoms with Crippen LogP contribution in [0.2, 0.25) is 0 Å². The topological polar surface area (TPSA) is 47.0 Å². The molecule has 1 N–H and O–H groups in total. The third-order valence-corrected chi connectivity index (χ3v) is 4.48. The predicted octanol–water partition coefficient (Wildman–Crippen LogP) is 4.58. The molecule has 0 atom stereocenters. The van der Waals surface area contributed by atoms with Gasteiger partial charge in [0.1, 0.15) is 22.7 Å². The van der Waals surface area contributed by atoms with Crippen molar-refractivity contribution in [2.24, 2.45) is 0 Å². The summed E-state index contributed by atoms with van der Waals surface area (Å²) in [7, 11) is 1.68. The van der Waals surface area contributed by atoms with Crippen molar-refractivity contribution in [3.8, 4) is 16.9 Å². The molecule has 114 valence electrons. The summed E-state index contributed by atoms with van der Waals surface area (Å²) in [6, 6.07) is 8.10. The summed E-state index contributed by atoms with van der Waals surface area (Å²) in [5.41, 5.74) is 2.32. The molecule has 5 heteroatoms. The van der Waals surface area contributed by atoms with Crippen molar-refractivity contribution in [2.75, 3.05) is 19.0 Å². The highest BCUT2D eigenvalue weighted by molar-refractivity contribution is 7.17. The molecule has 0 aliphatic carbocycles. The zero-order valence-electron chi connectivity index (χ0n) is 12.8. The number of nitrogens with zero attached hydrogens (tertiary/aromatic N) is 2. The van der Waals surface area contributed by atoms with E-state index in [4.69, 9.17) is 4.74 Å². The molecule has 0 saturated carbocycles. The molecule has 3 rings (SSSR count). The van der Waals surface area contributed by atoms with Crippen LogP contribution < -0.4 is 10.1 Å². The van der Waals surface area contributed by atoms with Crippen molar-refractivity contribution in [3.63, 3.8) is 0 Å².